The van der Waals surface area contributed by atoms with Crippen LogP contribution in [0.15, 0.2) is 35.3 Å². The van der Waals surface area contributed by atoms with Gasteiger partial charge in [-0.05, 0) is 38.8 Å². The molecule has 29 heavy (non-hydrogen) atoms. The highest BCUT2D eigenvalue weighted by Gasteiger charge is 2.52. The number of aromatic nitrogens is 2. The topological polar surface area (TPSA) is 74.0 Å². The standard InChI is InChI=1S/C21H26N6O2/c1-6-25-17-18(22-20(25)27-15(4)13(2)14(3)23-27)24(5)21(29)26(19(17)28)12-16-10-8-7-9-11-16/h7-11,17-18H,6,12H2,1-5H3. The van der Waals surface area contributed by atoms with Gasteiger partial charge in [0, 0.05) is 19.3 Å². The molecule has 0 radical (unpaired) electrons. The van der Waals surface area contributed by atoms with E-state index >= 15 is 0 Å². The van der Waals surface area contributed by atoms with Crippen LogP contribution in [0.4, 0.5) is 4.79 Å². The Bertz CT molecular complexity index is 996. The molecule has 8 heteroatoms. The number of rotatable bonds is 3. The first kappa shape index (κ1) is 19.2. The molecule has 1 aromatic heterocycles. The van der Waals surface area contributed by atoms with Gasteiger partial charge in [0.1, 0.15) is 0 Å². The summed E-state index contributed by atoms with van der Waals surface area (Å²) in [7, 11) is 1.71. The molecular weight excluding hydrogens is 368 g/mol. The van der Waals surface area contributed by atoms with Crippen LogP contribution in [-0.2, 0) is 11.3 Å². The quantitative estimate of drug-likeness (QED) is 0.799. The highest BCUT2D eigenvalue weighted by molar-refractivity contribution is 6.04. The highest BCUT2D eigenvalue weighted by atomic mass is 16.2. The fourth-order valence-corrected chi connectivity index (χ4v) is 4.01. The molecule has 8 nitrogen and oxygen atoms in total. The lowest BCUT2D eigenvalue weighted by atomic mass is 10.1. The number of hydrogen-bond donors (Lipinski definition) is 0. The Labute approximate surface area is 170 Å². The number of urea groups is 1. The van der Waals surface area contributed by atoms with E-state index in [1.165, 1.54) is 4.90 Å². The van der Waals surface area contributed by atoms with E-state index in [2.05, 4.69) is 5.10 Å². The van der Waals surface area contributed by atoms with E-state index in [0.29, 0.717) is 12.5 Å². The molecule has 2 unspecified atom stereocenters. The van der Waals surface area contributed by atoms with Crippen LogP contribution >= 0.6 is 0 Å². The SMILES string of the molecule is CCN1C(n2nc(C)c(C)c2C)=NC2C1C(=O)N(Cc1ccccc1)C(=O)N2C. The van der Waals surface area contributed by atoms with E-state index in [1.807, 2.05) is 62.9 Å². The largest absolute Gasteiger partial charge is 0.328 e. The van der Waals surface area contributed by atoms with Gasteiger partial charge in [-0.2, -0.15) is 5.10 Å². The van der Waals surface area contributed by atoms with Crippen molar-refractivity contribution in [2.75, 3.05) is 13.6 Å². The van der Waals surface area contributed by atoms with Gasteiger partial charge in [0.05, 0.1) is 12.2 Å². The Morgan fingerprint density at radius 3 is 2.34 bits per heavy atom. The van der Waals surface area contributed by atoms with Gasteiger partial charge in [0.25, 0.3) is 5.91 Å². The van der Waals surface area contributed by atoms with Crippen molar-refractivity contribution in [3.63, 3.8) is 0 Å². The summed E-state index contributed by atoms with van der Waals surface area (Å²) in [6.45, 7) is 8.80. The number of benzene rings is 1. The zero-order chi connectivity index (χ0) is 20.9. The van der Waals surface area contributed by atoms with E-state index in [0.717, 1.165) is 22.5 Å². The van der Waals surface area contributed by atoms with Crippen LogP contribution in [0.5, 0.6) is 0 Å². The van der Waals surface area contributed by atoms with Crippen LogP contribution in [-0.4, -0.2) is 68.2 Å². The minimum absolute atomic E-state index is 0.221. The first-order chi connectivity index (χ1) is 13.8. The van der Waals surface area contributed by atoms with E-state index in [-0.39, 0.29) is 18.5 Å². The van der Waals surface area contributed by atoms with Gasteiger partial charge < -0.3 is 9.80 Å². The molecule has 2 aliphatic heterocycles. The maximum atomic E-state index is 13.4. The number of carbonyl (C=O) groups excluding carboxylic acids is 2. The van der Waals surface area contributed by atoms with Crippen molar-refractivity contribution in [2.45, 2.75) is 46.4 Å². The van der Waals surface area contributed by atoms with E-state index in [9.17, 15) is 9.59 Å². The number of amides is 3. The molecule has 152 valence electrons. The fraction of sp³-hybridized carbons (Fsp3) is 0.429. The van der Waals surface area contributed by atoms with Crippen molar-refractivity contribution in [1.82, 2.24) is 24.5 Å². The average Bonchev–Trinajstić information content (AvgIpc) is 3.23. The predicted octanol–water partition coefficient (Wildman–Crippen LogP) is 2.14. The summed E-state index contributed by atoms with van der Waals surface area (Å²) in [5.74, 6) is 0.395. The number of carbonyl (C=O) groups is 2. The van der Waals surface area contributed by atoms with Crippen molar-refractivity contribution < 1.29 is 9.59 Å². The Balaban J connectivity index is 1.71. The summed E-state index contributed by atoms with van der Waals surface area (Å²) in [6.07, 6.45) is -0.554. The first-order valence-electron chi connectivity index (χ1n) is 9.84. The summed E-state index contributed by atoms with van der Waals surface area (Å²) in [5, 5.41) is 4.62. The molecule has 4 rings (SSSR count). The van der Waals surface area contributed by atoms with Gasteiger partial charge in [-0.25, -0.2) is 14.5 Å². The number of imide groups is 1. The van der Waals surface area contributed by atoms with Crippen molar-refractivity contribution in [3.8, 4) is 0 Å². The normalized spacial score (nSPS) is 21.7. The molecule has 0 saturated carbocycles. The molecule has 2 aromatic rings. The summed E-state index contributed by atoms with van der Waals surface area (Å²) in [5.41, 5.74) is 3.93. The van der Waals surface area contributed by atoms with Crippen LogP contribution in [0.3, 0.4) is 0 Å². The second kappa shape index (κ2) is 7.02. The summed E-state index contributed by atoms with van der Waals surface area (Å²) in [4.78, 5) is 36.0. The monoisotopic (exact) mass is 394 g/mol. The van der Waals surface area contributed by atoms with Crippen LogP contribution < -0.4 is 0 Å². The molecular formula is C21H26N6O2. The summed E-state index contributed by atoms with van der Waals surface area (Å²) < 4.78 is 1.79. The lowest BCUT2D eigenvalue weighted by molar-refractivity contribution is -0.138. The van der Waals surface area contributed by atoms with Gasteiger partial charge in [0.2, 0.25) is 5.96 Å². The van der Waals surface area contributed by atoms with Gasteiger partial charge in [-0.3, -0.25) is 9.69 Å². The summed E-state index contributed by atoms with van der Waals surface area (Å²) >= 11 is 0. The zero-order valence-electron chi connectivity index (χ0n) is 17.5. The lowest BCUT2D eigenvalue weighted by Gasteiger charge is -2.41. The van der Waals surface area contributed by atoms with Crippen molar-refractivity contribution in [2.24, 2.45) is 4.99 Å². The second-order valence-corrected chi connectivity index (χ2v) is 7.58. The number of nitrogens with zero attached hydrogens (tertiary/aromatic N) is 6. The van der Waals surface area contributed by atoms with E-state index < -0.39 is 12.2 Å². The second-order valence-electron chi connectivity index (χ2n) is 7.58. The Morgan fingerprint density at radius 2 is 1.76 bits per heavy atom. The number of aryl methyl sites for hydroxylation is 1. The first-order valence-corrected chi connectivity index (χ1v) is 9.84. The lowest BCUT2D eigenvalue weighted by Crippen LogP contribution is -2.64. The zero-order valence-corrected chi connectivity index (χ0v) is 17.5. The highest BCUT2D eigenvalue weighted by Crippen LogP contribution is 2.29. The molecule has 0 aliphatic carbocycles. The van der Waals surface area contributed by atoms with Crippen LogP contribution in [0.25, 0.3) is 0 Å². The van der Waals surface area contributed by atoms with Crippen molar-refractivity contribution in [3.05, 3.63) is 52.8 Å². The molecule has 0 N–H and O–H groups in total. The minimum atomic E-state index is -0.554. The Morgan fingerprint density at radius 1 is 1.07 bits per heavy atom. The van der Waals surface area contributed by atoms with Gasteiger partial charge >= 0.3 is 6.03 Å². The minimum Gasteiger partial charge on any atom is -0.325 e. The van der Waals surface area contributed by atoms with Crippen LogP contribution in [0, 0.1) is 20.8 Å². The molecule has 3 amide bonds. The van der Waals surface area contributed by atoms with Crippen LogP contribution in [0.2, 0.25) is 0 Å². The molecule has 0 spiro atoms. The maximum absolute atomic E-state index is 13.4. The molecule has 2 atom stereocenters. The van der Waals surface area contributed by atoms with Crippen LogP contribution in [0.1, 0.15) is 29.4 Å². The number of fused-ring (bicyclic) bond motifs is 1. The molecule has 2 aliphatic rings. The third-order valence-corrected chi connectivity index (χ3v) is 5.94. The Kier molecular flexibility index (Phi) is 4.64. The molecule has 1 fully saturated rings. The molecule has 1 saturated heterocycles. The third kappa shape index (κ3) is 2.90. The number of likely N-dealkylation sites (N-methyl/N-ethyl adjacent to an activating group) is 2. The maximum Gasteiger partial charge on any atom is 0.328 e. The number of hydrogen-bond acceptors (Lipinski definition) is 5. The average molecular weight is 394 g/mol. The molecule has 3 heterocycles. The van der Waals surface area contributed by atoms with Gasteiger partial charge in [-0.1, -0.05) is 30.3 Å². The van der Waals surface area contributed by atoms with Crippen molar-refractivity contribution in [1.29, 1.82) is 0 Å². The van der Waals surface area contributed by atoms with E-state index in [4.69, 9.17) is 4.99 Å². The smallest absolute Gasteiger partial charge is 0.325 e. The molecule has 1 aromatic carbocycles. The fourth-order valence-electron chi connectivity index (χ4n) is 4.01. The van der Waals surface area contributed by atoms with Gasteiger partial charge in [-0.15, -0.1) is 0 Å². The van der Waals surface area contributed by atoms with Crippen molar-refractivity contribution >= 4 is 17.9 Å². The molecule has 0 bridgehead atoms. The number of aliphatic imine (C=N–C) groups is 1. The predicted molar refractivity (Wildman–Crippen MR) is 109 cm³/mol. The van der Waals surface area contributed by atoms with E-state index in [1.54, 1.807) is 16.6 Å². The summed E-state index contributed by atoms with van der Waals surface area (Å²) in [6, 6.07) is 8.68. The Hall–Kier alpha value is -3.16. The third-order valence-electron chi connectivity index (χ3n) is 5.94. The van der Waals surface area contributed by atoms with Gasteiger partial charge in [0.15, 0.2) is 12.2 Å².